The van der Waals surface area contributed by atoms with Crippen LogP contribution in [0.3, 0.4) is 0 Å². The number of aromatic nitrogens is 1. The van der Waals surface area contributed by atoms with Crippen molar-refractivity contribution in [2.45, 2.75) is 16.3 Å². The monoisotopic (exact) mass is 356 g/mol. The molecule has 4 nitrogen and oxygen atoms in total. The molecular weight excluding hydrogens is 340 g/mol. The quantitative estimate of drug-likeness (QED) is 0.607. The van der Waals surface area contributed by atoms with Crippen LogP contribution in [0.5, 0.6) is 0 Å². The predicted octanol–water partition coefficient (Wildman–Crippen LogP) is 3.65. The van der Waals surface area contributed by atoms with Crippen molar-refractivity contribution >= 4 is 42.2 Å². The lowest BCUT2D eigenvalue weighted by Crippen LogP contribution is -2.08. The molecule has 0 radical (unpaired) electrons. The summed E-state index contributed by atoms with van der Waals surface area (Å²) in [5.74, 6) is 0. The number of hydrogen-bond acceptors (Lipinski definition) is 4. The summed E-state index contributed by atoms with van der Waals surface area (Å²) in [7, 11) is -3.58. The minimum atomic E-state index is -3.58. The molecule has 0 aliphatic heterocycles. The van der Waals surface area contributed by atoms with Crippen LogP contribution >= 0.6 is 11.3 Å². The maximum absolute atomic E-state index is 13.2. The van der Waals surface area contributed by atoms with Crippen molar-refractivity contribution in [3.63, 3.8) is 0 Å². The summed E-state index contributed by atoms with van der Waals surface area (Å²) in [5, 5.41) is 4.62. The van der Waals surface area contributed by atoms with Crippen molar-refractivity contribution in [2.75, 3.05) is 6.54 Å². The smallest absolute Gasteiger partial charge is 0.208 e. The molecule has 0 atom stereocenters. The molecule has 4 aromatic rings. The van der Waals surface area contributed by atoms with Gasteiger partial charge in [-0.15, -0.1) is 11.3 Å². The number of hydrogen-bond donors (Lipinski definition) is 1. The first-order chi connectivity index (χ1) is 11.6. The third kappa shape index (κ3) is 2.34. The minimum Gasteiger partial charge on any atom is -0.337 e. The summed E-state index contributed by atoms with van der Waals surface area (Å²) in [6, 6.07) is 14.9. The molecule has 0 saturated carbocycles. The van der Waals surface area contributed by atoms with Gasteiger partial charge < -0.3 is 10.3 Å². The van der Waals surface area contributed by atoms with Crippen molar-refractivity contribution in [2.24, 2.45) is 5.73 Å². The molecule has 0 aliphatic rings. The van der Waals surface area contributed by atoms with E-state index >= 15 is 0 Å². The van der Waals surface area contributed by atoms with Crippen molar-refractivity contribution in [3.05, 3.63) is 60.1 Å². The molecule has 2 aromatic heterocycles. The molecule has 4 rings (SSSR count). The van der Waals surface area contributed by atoms with Gasteiger partial charge in [0.05, 0.1) is 9.79 Å². The van der Waals surface area contributed by atoms with E-state index in [4.69, 9.17) is 5.73 Å². The average molecular weight is 356 g/mol. The molecule has 0 fully saturated rings. The fourth-order valence-corrected chi connectivity index (χ4v) is 5.45. The zero-order valence-electron chi connectivity index (χ0n) is 12.8. The molecule has 2 heterocycles. The summed E-state index contributed by atoms with van der Waals surface area (Å²) in [6.07, 6.45) is 1.71. The first-order valence-corrected chi connectivity index (χ1v) is 9.98. The van der Waals surface area contributed by atoms with E-state index in [1.54, 1.807) is 18.3 Å². The highest BCUT2D eigenvalue weighted by Crippen LogP contribution is 2.34. The minimum absolute atomic E-state index is 0.319. The maximum atomic E-state index is 13.2. The summed E-state index contributed by atoms with van der Waals surface area (Å²) >= 11 is 1.53. The fraction of sp³-hybridized carbons (Fsp3) is 0.111. The van der Waals surface area contributed by atoms with Gasteiger partial charge in [0.25, 0.3) is 0 Å². The van der Waals surface area contributed by atoms with Gasteiger partial charge in [0, 0.05) is 24.7 Å². The topological polar surface area (TPSA) is 65.1 Å². The first-order valence-electron chi connectivity index (χ1n) is 7.61. The molecule has 0 spiro atoms. The normalized spacial score (nSPS) is 12.2. The van der Waals surface area contributed by atoms with Crippen LogP contribution in [0.2, 0.25) is 0 Å². The van der Waals surface area contributed by atoms with E-state index in [9.17, 15) is 8.42 Å². The largest absolute Gasteiger partial charge is 0.337 e. The highest BCUT2D eigenvalue weighted by molar-refractivity contribution is 7.91. The molecule has 0 amide bonds. The Morgan fingerprint density at radius 3 is 2.62 bits per heavy atom. The van der Waals surface area contributed by atoms with Crippen LogP contribution in [-0.4, -0.2) is 19.5 Å². The molecule has 0 bridgehead atoms. The third-order valence-corrected chi connectivity index (χ3v) is 6.86. The van der Waals surface area contributed by atoms with Crippen molar-refractivity contribution in [1.29, 1.82) is 0 Å². The average Bonchev–Trinajstić information content (AvgIpc) is 3.18. The number of benzene rings is 2. The molecule has 122 valence electrons. The SMILES string of the molecule is NCCn1cc(S(=O)(=O)c2ccc3ccccc3c2)c2ccsc21. The van der Waals surface area contributed by atoms with Crippen molar-refractivity contribution < 1.29 is 8.42 Å². The molecular formula is C18H16N2O2S2. The Morgan fingerprint density at radius 2 is 1.83 bits per heavy atom. The summed E-state index contributed by atoms with van der Waals surface area (Å²) < 4.78 is 28.3. The predicted molar refractivity (Wildman–Crippen MR) is 98.3 cm³/mol. The van der Waals surface area contributed by atoms with Gasteiger partial charge in [-0.25, -0.2) is 8.42 Å². The van der Waals surface area contributed by atoms with Gasteiger partial charge >= 0.3 is 0 Å². The van der Waals surface area contributed by atoms with Crippen LogP contribution in [0.1, 0.15) is 0 Å². The number of sulfone groups is 1. The van der Waals surface area contributed by atoms with Crippen molar-refractivity contribution in [3.8, 4) is 0 Å². The number of nitrogens with two attached hydrogens (primary N) is 1. The van der Waals surface area contributed by atoms with Gasteiger partial charge in [0.2, 0.25) is 9.84 Å². The Hall–Kier alpha value is -2.15. The van der Waals surface area contributed by atoms with E-state index in [0.29, 0.717) is 22.9 Å². The Balaban J connectivity index is 1.92. The second kappa shape index (κ2) is 5.73. The molecule has 2 N–H and O–H groups in total. The van der Waals surface area contributed by atoms with Crippen molar-refractivity contribution in [1.82, 2.24) is 4.57 Å². The van der Waals surface area contributed by atoms with Gasteiger partial charge in [-0.05, 0) is 34.4 Å². The Labute approximate surface area is 144 Å². The van der Waals surface area contributed by atoms with E-state index in [2.05, 4.69) is 0 Å². The van der Waals surface area contributed by atoms with Crippen LogP contribution in [0.4, 0.5) is 0 Å². The number of rotatable bonds is 4. The van der Waals surface area contributed by atoms with Crippen LogP contribution < -0.4 is 5.73 Å². The van der Waals surface area contributed by atoms with E-state index in [1.807, 2.05) is 46.3 Å². The Kier molecular flexibility index (Phi) is 3.68. The summed E-state index contributed by atoms with van der Waals surface area (Å²) in [5.41, 5.74) is 5.65. The van der Waals surface area contributed by atoms with Crippen LogP contribution in [0, 0.1) is 0 Å². The van der Waals surface area contributed by atoms with Gasteiger partial charge in [0.1, 0.15) is 4.83 Å². The number of thiophene rings is 1. The van der Waals surface area contributed by atoms with E-state index in [0.717, 1.165) is 21.0 Å². The number of nitrogens with zero attached hydrogens (tertiary/aromatic N) is 1. The summed E-state index contributed by atoms with van der Waals surface area (Å²) in [6.45, 7) is 1.07. The standard InChI is InChI=1S/C18H16N2O2S2/c19-8-9-20-12-17(16-7-10-23-18(16)20)24(21,22)15-6-5-13-3-1-2-4-14(13)11-15/h1-7,10-12H,8-9,19H2. The highest BCUT2D eigenvalue weighted by Gasteiger charge is 2.24. The van der Waals surface area contributed by atoms with Gasteiger partial charge in [-0.2, -0.15) is 0 Å². The lowest BCUT2D eigenvalue weighted by Gasteiger charge is -2.05. The zero-order chi connectivity index (χ0) is 16.7. The molecule has 24 heavy (non-hydrogen) atoms. The number of fused-ring (bicyclic) bond motifs is 2. The van der Waals surface area contributed by atoms with E-state index in [1.165, 1.54) is 11.3 Å². The Bertz CT molecular complexity index is 1140. The maximum Gasteiger partial charge on any atom is 0.208 e. The lowest BCUT2D eigenvalue weighted by atomic mass is 10.1. The van der Waals surface area contributed by atoms with E-state index in [-0.39, 0.29) is 0 Å². The molecule has 0 saturated heterocycles. The lowest BCUT2D eigenvalue weighted by molar-refractivity contribution is 0.596. The second-order valence-corrected chi connectivity index (χ2v) is 8.44. The molecule has 0 unspecified atom stereocenters. The van der Waals surface area contributed by atoms with Crippen LogP contribution in [-0.2, 0) is 16.4 Å². The van der Waals surface area contributed by atoms with Gasteiger partial charge in [-0.3, -0.25) is 0 Å². The Morgan fingerprint density at radius 1 is 1.04 bits per heavy atom. The van der Waals surface area contributed by atoms with Gasteiger partial charge in [-0.1, -0.05) is 30.3 Å². The molecule has 2 aromatic carbocycles. The first kappa shape index (κ1) is 15.4. The molecule has 0 aliphatic carbocycles. The highest BCUT2D eigenvalue weighted by atomic mass is 32.2. The van der Waals surface area contributed by atoms with E-state index < -0.39 is 9.84 Å². The van der Waals surface area contributed by atoms with Gasteiger partial charge in [0.15, 0.2) is 0 Å². The molecule has 6 heteroatoms. The third-order valence-electron chi connectivity index (χ3n) is 4.13. The zero-order valence-corrected chi connectivity index (χ0v) is 14.5. The second-order valence-electron chi connectivity index (χ2n) is 5.63. The fourth-order valence-electron chi connectivity index (χ4n) is 2.96. The summed E-state index contributed by atoms with van der Waals surface area (Å²) in [4.78, 5) is 1.61. The van der Waals surface area contributed by atoms with Crippen LogP contribution in [0.25, 0.3) is 21.0 Å². The van der Waals surface area contributed by atoms with Crippen LogP contribution in [0.15, 0.2) is 69.9 Å².